The molecule has 168 valence electrons. The zero-order valence-electron chi connectivity index (χ0n) is 18.6. The fourth-order valence-electron chi connectivity index (χ4n) is 4.10. The third-order valence-corrected chi connectivity index (χ3v) is 5.86. The van der Waals surface area contributed by atoms with Crippen LogP contribution in [0.15, 0.2) is 64.4 Å². The van der Waals surface area contributed by atoms with Crippen LogP contribution in [0.25, 0.3) is 33.7 Å². The molecule has 0 bridgehead atoms. The monoisotopic (exact) mass is 443 g/mol. The Hall–Kier alpha value is -3.78. The van der Waals surface area contributed by atoms with Gasteiger partial charge in [-0.1, -0.05) is 30.3 Å². The third-order valence-electron chi connectivity index (χ3n) is 5.86. The molecule has 1 fully saturated rings. The van der Waals surface area contributed by atoms with Gasteiger partial charge in [-0.15, -0.1) is 0 Å². The van der Waals surface area contributed by atoms with Crippen molar-refractivity contribution in [3.05, 3.63) is 75.4 Å². The Balaban J connectivity index is 1.76. The molecule has 1 aliphatic rings. The zero-order chi connectivity index (χ0) is 22.9. The second kappa shape index (κ2) is 8.63. The normalized spacial score (nSPS) is 14.2. The van der Waals surface area contributed by atoms with Gasteiger partial charge in [-0.25, -0.2) is 9.97 Å². The van der Waals surface area contributed by atoms with Crippen molar-refractivity contribution >= 4 is 16.9 Å². The summed E-state index contributed by atoms with van der Waals surface area (Å²) in [5, 5.41) is 0. The van der Waals surface area contributed by atoms with Gasteiger partial charge in [0, 0.05) is 48.7 Å². The van der Waals surface area contributed by atoms with Crippen molar-refractivity contribution in [2.75, 3.05) is 31.2 Å². The highest BCUT2D eigenvalue weighted by atomic mass is 16.5. The van der Waals surface area contributed by atoms with Crippen molar-refractivity contribution < 1.29 is 4.74 Å². The van der Waals surface area contributed by atoms with Crippen LogP contribution in [-0.4, -0.2) is 45.8 Å². The van der Waals surface area contributed by atoms with E-state index in [-0.39, 0.29) is 22.5 Å². The van der Waals surface area contributed by atoms with Gasteiger partial charge in [0.1, 0.15) is 5.69 Å². The number of H-pyrrole nitrogens is 1. The molecule has 1 N–H and O–H groups in total. The first-order valence-corrected chi connectivity index (χ1v) is 11.1. The molecule has 0 radical (unpaired) electrons. The number of aromatic nitrogens is 4. The van der Waals surface area contributed by atoms with Crippen LogP contribution < -0.4 is 15.9 Å². The zero-order valence-corrected chi connectivity index (χ0v) is 18.6. The highest BCUT2D eigenvalue weighted by Gasteiger charge is 2.20. The lowest BCUT2D eigenvalue weighted by atomic mass is 10.0. The van der Waals surface area contributed by atoms with Gasteiger partial charge in [-0.05, 0) is 19.9 Å². The Bertz CT molecular complexity index is 1420. The second-order valence-electron chi connectivity index (χ2n) is 8.34. The minimum Gasteiger partial charge on any atom is -0.378 e. The Labute approximate surface area is 190 Å². The predicted molar refractivity (Wildman–Crippen MR) is 129 cm³/mol. The van der Waals surface area contributed by atoms with E-state index in [0.717, 1.165) is 11.1 Å². The summed E-state index contributed by atoms with van der Waals surface area (Å²) in [5.74, 6) is 0. The standard InChI is InChI=1S/C25H25N5O3/c1-16(2)30-15-18(8-9-20(30)31)22-21(17-6-4-3-5-7-17)28-25-23(27-22)24(32)19(14-26-25)29-10-12-33-13-11-29/h3-9,14-16H,10-13H2,1-2H3,(H,26,28,32). The largest absolute Gasteiger partial charge is 0.378 e. The molecule has 8 heteroatoms. The van der Waals surface area contributed by atoms with Crippen LogP contribution in [0, 0.1) is 0 Å². The lowest BCUT2D eigenvalue weighted by Gasteiger charge is -2.28. The molecule has 8 nitrogen and oxygen atoms in total. The fourth-order valence-corrected chi connectivity index (χ4v) is 4.10. The van der Waals surface area contributed by atoms with Crippen LogP contribution >= 0.6 is 0 Å². The summed E-state index contributed by atoms with van der Waals surface area (Å²) in [6.45, 7) is 6.37. The molecule has 0 spiro atoms. The lowest BCUT2D eigenvalue weighted by molar-refractivity contribution is 0.122. The molecule has 1 aromatic carbocycles. The first-order valence-electron chi connectivity index (χ1n) is 11.1. The summed E-state index contributed by atoms with van der Waals surface area (Å²) in [6.07, 6.45) is 3.49. The van der Waals surface area contributed by atoms with E-state index in [2.05, 4.69) is 4.98 Å². The Kier molecular flexibility index (Phi) is 5.51. The van der Waals surface area contributed by atoms with E-state index in [1.807, 2.05) is 49.1 Å². The molecule has 0 atom stereocenters. The van der Waals surface area contributed by atoms with Gasteiger partial charge >= 0.3 is 0 Å². The molecule has 1 aliphatic heterocycles. The molecular formula is C25H25N5O3. The van der Waals surface area contributed by atoms with E-state index in [4.69, 9.17) is 14.7 Å². The molecule has 0 amide bonds. The van der Waals surface area contributed by atoms with E-state index < -0.39 is 0 Å². The smallest absolute Gasteiger partial charge is 0.250 e. The number of morpholine rings is 1. The highest BCUT2D eigenvalue weighted by Crippen LogP contribution is 2.30. The summed E-state index contributed by atoms with van der Waals surface area (Å²) in [5.41, 5.74) is 3.82. The van der Waals surface area contributed by atoms with Crippen molar-refractivity contribution in [2.24, 2.45) is 0 Å². The van der Waals surface area contributed by atoms with Crippen molar-refractivity contribution in [1.29, 1.82) is 0 Å². The number of hydrogen-bond acceptors (Lipinski definition) is 6. The van der Waals surface area contributed by atoms with Crippen molar-refractivity contribution in [1.82, 2.24) is 19.5 Å². The molecule has 0 aliphatic carbocycles. The van der Waals surface area contributed by atoms with Crippen molar-refractivity contribution in [3.63, 3.8) is 0 Å². The van der Waals surface area contributed by atoms with Crippen LogP contribution in [0.1, 0.15) is 19.9 Å². The number of aromatic amines is 1. The summed E-state index contributed by atoms with van der Waals surface area (Å²) in [6, 6.07) is 13.0. The molecule has 1 saturated heterocycles. The van der Waals surface area contributed by atoms with Gasteiger partial charge < -0.3 is 19.2 Å². The summed E-state index contributed by atoms with van der Waals surface area (Å²) in [4.78, 5) is 40.6. The average Bonchev–Trinajstić information content (AvgIpc) is 2.85. The van der Waals surface area contributed by atoms with Crippen molar-refractivity contribution in [3.8, 4) is 22.5 Å². The van der Waals surface area contributed by atoms with Gasteiger partial charge in [0.15, 0.2) is 11.2 Å². The van der Waals surface area contributed by atoms with Gasteiger partial charge in [0.05, 0.1) is 24.6 Å². The first-order chi connectivity index (χ1) is 16.0. The van der Waals surface area contributed by atoms with E-state index >= 15 is 0 Å². The van der Waals surface area contributed by atoms with Crippen LogP contribution in [0.4, 0.5) is 5.69 Å². The molecule has 3 aromatic heterocycles. The molecule has 4 heterocycles. The number of anilines is 1. The summed E-state index contributed by atoms with van der Waals surface area (Å²) < 4.78 is 7.08. The second-order valence-corrected chi connectivity index (χ2v) is 8.34. The number of pyridine rings is 2. The number of hydrogen-bond donors (Lipinski definition) is 1. The number of ether oxygens (including phenoxy) is 1. The van der Waals surface area contributed by atoms with E-state index in [1.165, 1.54) is 6.07 Å². The minimum absolute atomic E-state index is 0.0117. The molecule has 0 saturated carbocycles. The number of rotatable bonds is 4. The molecular weight excluding hydrogens is 418 g/mol. The van der Waals surface area contributed by atoms with Crippen LogP contribution in [0.3, 0.4) is 0 Å². The lowest BCUT2D eigenvalue weighted by Crippen LogP contribution is -2.39. The third kappa shape index (κ3) is 3.93. The molecule has 4 aromatic rings. The Morgan fingerprint density at radius 1 is 0.939 bits per heavy atom. The molecule has 33 heavy (non-hydrogen) atoms. The van der Waals surface area contributed by atoms with Gasteiger partial charge in [0.2, 0.25) is 5.43 Å². The number of benzene rings is 1. The predicted octanol–water partition coefficient (Wildman–Crippen LogP) is 3.23. The average molecular weight is 444 g/mol. The van der Waals surface area contributed by atoms with Gasteiger partial charge in [-0.2, -0.15) is 0 Å². The number of fused-ring (bicyclic) bond motifs is 1. The summed E-state index contributed by atoms with van der Waals surface area (Å²) >= 11 is 0. The maximum absolute atomic E-state index is 13.4. The minimum atomic E-state index is -0.170. The highest BCUT2D eigenvalue weighted by molar-refractivity contribution is 5.85. The quantitative estimate of drug-likeness (QED) is 0.521. The van der Waals surface area contributed by atoms with Crippen LogP contribution in [-0.2, 0) is 4.74 Å². The number of nitrogens with zero attached hydrogens (tertiary/aromatic N) is 4. The Morgan fingerprint density at radius 3 is 2.39 bits per heavy atom. The van der Waals surface area contributed by atoms with E-state index in [0.29, 0.717) is 49.0 Å². The van der Waals surface area contributed by atoms with Crippen LogP contribution in [0.5, 0.6) is 0 Å². The summed E-state index contributed by atoms with van der Waals surface area (Å²) in [7, 11) is 0. The van der Waals surface area contributed by atoms with Crippen LogP contribution in [0.2, 0.25) is 0 Å². The topological polar surface area (TPSA) is 93.1 Å². The van der Waals surface area contributed by atoms with E-state index in [9.17, 15) is 9.59 Å². The van der Waals surface area contributed by atoms with Crippen molar-refractivity contribution in [2.45, 2.75) is 19.9 Å². The van der Waals surface area contributed by atoms with Gasteiger partial charge in [0.25, 0.3) is 5.56 Å². The van der Waals surface area contributed by atoms with E-state index in [1.54, 1.807) is 23.0 Å². The maximum atomic E-state index is 13.4. The number of nitrogens with one attached hydrogen (secondary N) is 1. The SMILES string of the molecule is CC(C)n1cc(-c2nc3c(=O)c(N4CCOCC4)c[nH]c3nc2-c2ccccc2)ccc1=O. The molecule has 0 unspecified atom stereocenters. The van der Waals surface area contributed by atoms with Gasteiger partial charge in [-0.3, -0.25) is 9.59 Å². The Morgan fingerprint density at radius 2 is 1.67 bits per heavy atom. The maximum Gasteiger partial charge on any atom is 0.250 e. The fraction of sp³-hybridized carbons (Fsp3) is 0.280. The first kappa shape index (κ1) is 21.1. The molecule has 5 rings (SSSR count).